The summed E-state index contributed by atoms with van der Waals surface area (Å²) in [7, 11) is 1.61. The van der Waals surface area contributed by atoms with E-state index in [1.807, 2.05) is 24.3 Å². The number of nitrogens with one attached hydrogen (secondary N) is 2. The molecular formula is C22H27N3O6. The van der Waals surface area contributed by atoms with Crippen molar-refractivity contribution >= 4 is 17.3 Å². The number of nitrogens with zero attached hydrogens (tertiary/aromatic N) is 1. The van der Waals surface area contributed by atoms with Gasteiger partial charge in [-0.05, 0) is 50.6 Å². The molecule has 9 heteroatoms. The summed E-state index contributed by atoms with van der Waals surface area (Å²) in [6.07, 6.45) is -0.211. The Hall–Kier alpha value is -3.17. The van der Waals surface area contributed by atoms with Gasteiger partial charge in [0.2, 0.25) is 5.91 Å². The molecule has 0 unspecified atom stereocenters. The normalized spacial score (nSPS) is 19.1. The maximum Gasteiger partial charge on any atom is 0.296 e. The van der Waals surface area contributed by atoms with E-state index in [9.17, 15) is 20.0 Å². The maximum atomic E-state index is 11.5. The van der Waals surface area contributed by atoms with Crippen LogP contribution in [0.5, 0.6) is 11.5 Å². The van der Waals surface area contributed by atoms with E-state index in [2.05, 4.69) is 10.6 Å². The SMILES string of the molecule is COc1ccc(CCN[C@H]2c3cc(NC(C)=O)c([N+](=O)[O-])cc3OC(C)(C)[C@@H]2O)cc1. The number of hydrogen-bond donors (Lipinski definition) is 3. The van der Waals surface area contributed by atoms with Crippen LogP contribution in [0.3, 0.4) is 0 Å². The Balaban J connectivity index is 1.88. The second-order valence-electron chi connectivity index (χ2n) is 8.03. The third kappa shape index (κ3) is 4.95. The zero-order chi connectivity index (χ0) is 22.8. The van der Waals surface area contributed by atoms with Gasteiger partial charge in [0.1, 0.15) is 28.9 Å². The summed E-state index contributed by atoms with van der Waals surface area (Å²) in [5.41, 5.74) is 0.480. The summed E-state index contributed by atoms with van der Waals surface area (Å²) in [5, 5.41) is 28.3. The summed E-state index contributed by atoms with van der Waals surface area (Å²) < 4.78 is 11.1. The minimum Gasteiger partial charge on any atom is -0.497 e. The fourth-order valence-corrected chi connectivity index (χ4v) is 3.66. The van der Waals surface area contributed by atoms with Gasteiger partial charge in [0.05, 0.1) is 24.1 Å². The fourth-order valence-electron chi connectivity index (χ4n) is 3.66. The largest absolute Gasteiger partial charge is 0.497 e. The quantitative estimate of drug-likeness (QED) is 0.457. The van der Waals surface area contributed by atoms with Crippen molar-refractivity contribution in [2.75, 3.05) is 19.0 Å². The van der Waals surface area contributed by atoms with Crippen molar-refractivity contribution in [1.29, 1.82) is 0 Å². The van der Waals surface area contributed by atoms with Gasteiger partial charge >= 0.3 is 0 Å². The Morgan fingerprint density at radius 1 is 1.29 bits per heavy atom. The maximum absolute atomic E-state index is 11.5. The van der Waals surface area contributed by atoms with Crippen LogP contribution in [0.4, 0.5) is 11.4 Å². The number of benzene rings is 2. The van der Waals surface area contributed by atoms with Crippen LogP contribution < -0.4 is 20.1 Å². The monoisotopic (exact) mass is 429 g/mol. The highest BCUT2D eigenvalue weighted by atomic mass is 16.6. The van der Waals surface area contributed by atoms with Gasteiger partial charge in [-0.1, -0.05) is 12.1 Å². The molecule has 0 saturated heterocycles. The second kappa shape index (κ2) is 8.91. The standard InChI is InChI=1S/C22H27N3O6/c1-13(26)24-17-11-16-19(12-18(17)25(28)29)31-22(2,3)21(27)20(16)23-10-9-14-5-7-15(30-4)8-6-14/h5-8,11-12,20-21,23,27H,9-10H2,1-4H3,(H,24,26)/t20-,21+/m0/s1. The highest BCUT2D eigenvalue weighted by molar-refractivity contribution is 5.91. The predicted octanol–water partition coefficient (Wildman–Crippen LogP) is 2.97. The molecule has 1 aliphatic heterocycles. The van der Waals surface area contributed by atoms with Crippen molar-refractivity contribution in [3.8, 4) is 11.5 Å². The first kappa shape index (κ1) is 22.5. The minimum absolute atomic E-state index is 0.0636. The number of fused-ring (bicyclic) bond motifs is 1. The lowest BCUT2D eigenvalue weighted by atomic mass is 9.86. The zero-order valence-electron chi connectivity index (χ0n) is 18.0. The van der Waals surface area contributed by atoms with E-state index in [4.69, 9.17) is 9.47 Å². The van der Waals surface area contributed by atoms with E-state index in [0.717, 1.165) is 11.3 Å². The second-order valence-corrected chi connectivity index (χ2v) is 8.03. The number of aliphatic hydroxyl groups is 1. The molecule has 3 rings (SSSR count). The lowest BCUT2D eigenvalue weighted by molar-refractivity contribution is -0.384. The van der Waals surface area contributed by atoms with Crippen LogP contribution in [0.1, 0.15) is 37.9 Å². The fraction of sp³-hybridized carbons (Fsp3) is 0.409. The van der Waals surface area contributed by atoms with Gasteiger partial charge in [0, 0.05) is 12.5 Å². The molecule has 31 heavy (non-hydrogen) atoms. The molecule has 0 aromatic heterocycles. The van der Waals surface area contributed by atoms with Crippen LogP contribution in [0, 0.1) is 10.1 Å². The van der Waals surface area contributed by atoms with Gasteiger partial charge in [-0.3, -0.25) is 14.9 Å². The summed E-state index contributed by atoms with van der Waals surface area (Å²) in [4.78, 5) is 22.5. The molecule has 2 aromatic rings. The number of aliphatic hydroxyl groups excluding tert-OH is 1. The van der Waals surface area contributed by atoms with Gasteiger partial charge in [0.15, 0.2) is 0 Å². The van der Waals surface area contributed by atoms with Crippen molar-refractivity contribution in [3.05, 3.63) is 57.6 Å². The molecule has 2 atom stereocenters. The van der Waals surface area contributed by atoms with E-state index in [1.165, 1.54) is 19.1 Å². The Morgan fingerprint density at radius 2 is 1.97 bits per heavy atom. The molecule has 0 saturated carbocycles. The number of carbonyl (C=O) groups is 1. The summed E-state index contributed by atoms with van der Waals surface area (Å²) in [6.45, 7) is 5.29. The van der Waals surface area contributed by atoms with Crippen LogP contribution >= 0.6 is 0 Å². The molecule has 0 aliphatic carbocycles. The number of carbonyl (C=O) groups excluding carboxylic acids is 1. The van der Waals surface area contributed by atoms with Gasteiger partial charge in [-0.2, -0.15) is 0 Å². The molecule has 0 spiro atoms. The molecule has 166 valence electrons. The van der Waals surface area contributed by atoms with Gasteiger partial charge in [0.25, 0.3) is 5.69 Å². The zero-order valence-corrected chi connectivity index (χ0v) is 18.0. The number of amides is 1. The lowest BCUT2D eigenvalue weighted by Crippen LogP contribution is -2.52. The number of rotatable bonds is 7. The third-order valence-corrected chi connectivity index (χ3v) is 5.31. The molecule has 0 fully saturated rings. The van der Waals surface area contributed by atoms with E-state index >= 15 is 0 Å². The van der Waals surface area contributed by atoms with Crippen molar-refractivity contribution in [2.24, 2.45) is 0 Å². The Bertz CT molecular complexity index is 974. The minimum atomic E-state index is -0.964. The van der Waals surface area contributed by atoms with E-state index < -0.39 is 28.6 Å². The van der Waals surface area contributed by atoms with Crippen molar-refractivity contribution in [3.63, 3.8) is 0 Å². The molecular weight excluding hydrogens is 402 g/mol. The first-order chi connectivity index (χ1) is 14.6. The smallest absolute Gasteiger partial charge is 0.296 e. The topological polar surface area (TPSA) is 123 Å². The number of ether oxygens (including phenoxy) is 2. The summed E-state index contributed by atoms with van der Waals surface area (Å²) >= 11 is 0. The molecule has 3 N–H and O–H groups in total. The number of nitro benzene ring substituents is 1. The molecule has 0 radical (unpaired) electrons. The Kier molecular flexibility index (Phi) is 6.47. The Morgan fingerprint density at radius 3 is 2.55 bits per heavy atom. The number of nitro groups is 1. The van der Waals surface area contributed by atoms with Crippen molar-refractivity contribution < 1.29 is 24.3 Å². The van der Waals surface area contributed by atoms with Gasteiger partial charge in [-0.25, -0.2) is 0 Å². The molecule has 1 aliphatic rings. The van der Waals surface area contributed by atoms with Gasteiger partial charge < -0.3 is 25.2 Å². The first-order valence-electron chi connectivity index (χ1n) is 9.95. The molecule has 9 nitrogen and oxygen atoms in total. The number of methoxy groups -OCH3 is 1. The van der Waals surface area contributed by atoms with Crippen LogP contribution in [-0.2, 0) is 11.2 Å². The molecule has 1 heterocycles. The first-order valence-corrected chi connectivity index (χ1v) is 9.95. The number of anilines is 1. The van der Waals surface area contributed by atoms with E-state index in [0.29, 0.717) is 24.3 Å². The average Bonchev–Trinajstić information content (AvgIpc) is 2.70. The average molecular weight is 429 g/mol. The van der Waals surface area contributed by atoms with E-state index in [-0.39, 0.29) is 11.4 Å². The van der Waals surface area contributed by atoms with Crippen LogP contribution in [0.15, 0.2) is 36.4 Å². The molecule has 1 amide bonds. The lowest BCUT2D eigenvalue weighted by Gasteiger charge is -2.42. The summed E-state index contributed by atoms with van der Waals surface area (Å²) in [6, 6.07) is 9.97. The van der Waals surface area contributed by atoms with Crippen molar-refractivity contribution in [1.82, 2.24) is 5.32 Å². The van der Waals surface area contributed by atoms with Gasteiger partial charge in [-0.15, -0.1) is 0 Å². The highest BCUT2D eigenvalue weighted by Gasteiger charge is 2.43. The summed E-state index contributed by atoms with van der Waals surface area (Å²) in [5.74, 6) is 0.655. The molecule has 0 bridgehead atoms. The predicted molar refractivity (Wildman–Crippen MR) is 116 cm³/mol. The van der Waals surface area contributed by atoms with Crippen LogP contribution in [0.25, 0.3) is 0 Å². The van der Waals surface area contributed by atoms with E-state index in [1.54, 1.807) is 21.0 Å². The van der Waals surface area contributed by atoms with Crippen LogP contribution in [0.2, 0.25) is 0 Å². The van der Waals surface area contributed by atoms with Crippen LogP contribution in [-0.4, -0.2) is 41.3 Å². The number of hydrogen-bond acceptors (Lipinski definition) is 7. The third-order valence-electron chi connectivity index (χ3n) is 5.31. The molecule has 2 aromatic carbocycles. The highest BCUT2D eigenvalue weighted by Crippen LogP contribution is 2.44. The Labute approximate surface area is 180 Å². The van der Waals surface area contributed by atoms with Crippen molar-refractivity contribution in [2.45, 2.75) is 44.9 Å².